The molecule has 29 heavy (non-hydrogen) atoms. The Morgan fingerprint density at radius 2 is 1.62 bits per heavy atom. The molecule has 0 fully saturated rings. The van der Waals surface area contributed by atoms with Gasteiger partial charge in [-0.2, -0.15) is 5.10 Å². The first-order chi connectivity index (χ1) is 14.2. The van der Waals surface area contributed by atoms with E-state index in [-0.39, 0.29) is 0 Å². The fourth-order valence-corrected chi connectivity index (χ4v) is 3.64. The first kappa shape index (κ1) is 19.4. The van der Waals surface area contributed by atoms with Crippen molar-refractivity contribution in [2.24, 2.45) is 5.10 Å². The highest BCUT2D eigenvalue weighted by atomic mass is 79.9. The highest BCUT2D eigenvalue weighted by Gasteiger charge is 2.08. The number of ether oxygens (including phenoxy) is 1. The SMILES string of the molecule is CN(/N=C\c1ccc(Br)cc1)c1nc(-c2ccc(Oc3ccccc3)cc2)cs1. The van der Waals surface area contributed by atoms with E-state index in [0.29, 0.717) is 0 Å². The number of anilines is 1. The van der Waals surface area contributed by atoms with Crippen molar-refractivity contribution >= 4 is 38.6 Å². The number of halogens is 1. The summed E-state index contributed by atoms with van der Waals surface area (Å²) in [7, 11) is 1.90. The highest BCUT2D eigenvalue weighted by Crippen LogP contribution is 2.29. The van der Waals surface area contributed by atoms with Gasteiger partial charge in [0.15, 0.2) is 0 Å². The van der Waals surface area contributed by atoms with Crippen LogP contribution in [0.1, 0.15) is 5.56 Å². The van der Waals surface area contributed by atoms with E-state index in [2.05, 4.69) is 21.0 Å². The van der Waals surface area contributed by atoms with E-state index in [1.165, 1.54) is 0 Å². The molecule has 0 radical (unpaired) electrons. The quantitative estimate of drug-likeness (QED) is 0.232. The van der Waals surface area contributed by atoms with Crippen LogP contribution in [0.25, 0.3) is 11.3 Å². The number of hydrogen-bond acceptors (Lipinski definition) is 5. The number of rotatable bonds is 6. The monoisotopic (exact) mass is 463 g/mol. The molecule has 0 aliphatic rings. The van der Waals surface area contributed by atoms with E-state index in [4.69, 9.17) is 9.72 Å². The van der Waals surface area contributed by atoms with Gasteiger partial charge < -0.3 is 4.74 Å². The molecule has 4 rings (SSSR count). The Hall–Kier alpha value is -2.96. The van der Waals surface area contributed by atoms with Crippen LogP contribution < -0.4 is 9.75 Å². The van der Waals surface area contributed by atoms with Crippen molar-refractivity contribution in [3.8, 4) is 22.8 Å². The van der Waals surface area contributed by atoms with E-state index in [0.717, 1.165) is 37.9 Å². The Morgan fingerprint density at radius 3 is 2.34 bits per heavy atom. The van der Waals surface area contributed by atoms with Gasteiger partial charge in [0.2, 0.25) is 5.13 Å². The van der Waals surface area contributed by atoms with Crippen LogP contribution in [0.4, 0.5) is 5.13 Å². The van der Waals surface area contributed by atoms with Crippen LogP contribution in [0, 0.1) is 0 Å². The van der Waals surface area contributed by atoms with Gasteiger partial charge in [0.1, 0.15) is 11.5 Å². The van der Waals surface area contributed by atoms with Crippen LogP contribution in [0.15, 0.2) is 93.8 Å². The second kappa shape index (κ2) is 9.03. The lowest BCUT2D eigenvalue weighted by molar-refractivity contribution is 0.483. The Labute approximate surface area is 182 Å². The second-order valence-electron chi connectivity index (χ2n) is 6.27. The number of aromatic nitrogens is 1. The number of thiazole rings is 1. The van der Waals surface area contributed by atoms with Gasteiger partial charge >= 0.3 is 0 Å². The van der Waals surface area contributed by atoms with Gasteiger partial charge in [0, 0.05) is 22.5 Å². The number of benzene rings is 3. The molecule has 1 heterocycles. The molecule has 0 spiro atoms. The molecule has 0 bridgehead atoms. The van der Waals surface area contributed by atoms with Gasteiger partial charge in [-0.05, 0) is 54.1 Å². The van der Waals surface area contributed by atoms with E-state index < -0.39 is 0 Å². The van der Waals surface area contributed by atoms with E-state index in [1.54, 1.807) is 16.3 Å². The average molecular weight is 464 g/mol. The lowest BCUT2D eigenvalue weighted by Crippen LogP contribution is -2.08. The predicted molar refractivity (Wildman–Crippen MR) is 124 cm³/mol. The molecular weight excluding hydrogens is 446 g/mol. The molecule has 4 aromatic rings. The van der Waals surface area contributed by atoms with Crippen molar-refractivity contribution < 1.29 is 4.74 Å². The molecule has 0 amide bonds. The maximum Gasteiger partial charge on any atom is 0.206 e. The molecule has 0 aliphatic heterocycles. The fourth-order valence-electron chi connectivity index (χ4n) is 2.62. The Morgan fingerprint density at radius 1 is 0.931 bits per heavy atom. The van der Waals surface area contributed by atoms with Crippen LogP contribution in [0.5, 0.6) is 11.5 Å². The third-order valence-electron chi connectivity index (χ3n) is 4.15. The summed E-state index contributed by atoms with van der Waals surface area (Å²) in [5.41, 5.74) is 2.99. The van der Waals surface area contributed by atoms with Crippen LogP contribution in [-0.4, -0.2) is 18.2 Å². The predicted octanol–water partition coefficient (Wildman–Crippen LogP) is 6.84. The Balaban J connectivity index is 1.43. The first-order valence-corrected chi connectivity index (χ1v) is 10.7. The minimum Gasteiger partial charge on any atom is -0.457 e. The zero-order valence-corrected chi connectivity index (χ0v) is 18.1. The molecule has 0 unspecified atom stereocenters. The standard InChI is InChI=1S/C23H18BrN3OS/c1-27(25-15-17-7-11-19(24)12-8-17)23-26-22(16-29-23)18-9-13-21(14-10-18)28-20-5-3-2-4-6-20/h2-16H,1H3/b25-15-. The first-order valence-electron chi connectivity index (χ1n) is 8.99. The van der Waals surface area contributed by atoms with Gasteiger partial charge in [-0.1, -0.05) is 46.3 Å². The van der Waals surface area contributed by atoms with Gasteiger partial charge in [-0.15, -0.1) is 11.3 Å². The van der Waals surface area contributed by atoms with Crippen molar-refractivity contribution in [1.29, 1.82) is 0 Å². The molecule has 0 N–H and O–H groups in total. The van der Waals surface area contributed by atoms with Crippen LogP contribution in [-0.2, 0) is 0 Å². The van der Waals surface area contributed by atoms with Gasteiger partial charge in [-0.25, -0.2) is 9.99 Å². The van der Waals surface area contributed by atoms with Crippen molar-refractivity contribution in [3.63, 3.8) is 0 Å². The third kappa shape index (κ3) is 5.10. The third-order valence-corrected chi connectivity index (χ3v) is 5.58. The minimum atomic E-state index is 0.798. The van der Waals surface area contributed by atoms with Gasteiger partial charge in [0.25, 0.3) is 0 Å². The van der Waals surface area contributed by atoms with Gasteiger partial charge in [-0.3, -0.25) is 0 Å². The van der Waals surface area contributed by atoms with E-state index in [9.17, 15) is 0 Å². The summed E-state index contributed by atoms with van der Waals surface area (Å²) in [5, 5.41) is 9.13. The molecule has 0 saturated heterocycles. The average Bonchev–Trinajstić information content (AvgIpc) is 3.25. The molecule has 0 saturated carbocycles. The normalized spacial score (nSPS) is 11.0. The summed E-state index contributed by atoms with van der Waals surface area (Å²) < 4.78 is 6.89. The largest absolute Gasteiger partial charge is 0.457 e. The lowest BCUT2D eigenvalue weighted by Gasteiger charge is -2.08. The second-order valence-corrected chi connectivity index (χ2v) is 8.03. The number of para-hydroxylation sites is 1. The topological polar surface area (TPSA) is 37.7 Å². The summed E-state index contributed by atoms with van der Waals surface area (Å²) in [6.45, 7) is 0. The van der Waals surface area contributed by atoms with E-state index in [1.807, 2.05) is 97.5 Å². The molecule has 4 nitrogen and oxygen atoms in total. The summed E-state index contributed by atoms with van der Waals surface area (Å²) in [6.07, 6.45) is 1.82. The van der Waals surface area contributed by atoms with Crippen molar-refractivity contribution in [3.05, 3.63) is 94.3 Å². The van der Waals surface area contributed by atoms with Crippen LogP contribution in [0.2, 0.25) is 0 Å². The van der Waals surface area contributed by atoms with Crippen molar-refractivity contribution in [2.75, 3.05) is 12.1 Å². The smallest absolute Gasteiger partial charge is 0.206 e. The number of hydrogen-bond donors (Lipinski definition) is 0. The molecule has 0 atom stereocenters. The number of nitrogens with zero attached hydrogens (tertiary/aromatic N) is 3. The van der Waals surface area contributed by atoms with Crippen LogP contribution >= 0.6 is 27.3 Å². The van der Waals surface area contributed by atoms with Crippen molar-refractivity contribution in [1.82, 2.24) is 4.98 Å². The lowest BCUT2D eigenvalue weighted by atomic mass is 10.2. The molecule has 1 aromatic heterocycles. The zero-order valence-electron chi connectivity index (χ0n) is 15.7. The maximum absolute atomic E-state index is 5.85. The molecule has 3 aromatic carbocycles. The summed E-state index contributed by atoms with van der Waals surface area (Å²) in [6, 6.07) is 25.7. The van der Waals surface area contributed by atoms with E-state index >= 15 is 0 Å². The summed E-state index contributed by atoms with van der Waals surface area (Å²) in [4.78, 5) is 4.70. The Bertz CT molecular complexity index is 1090. The fraction of sp³-hybridized carbons (Fsp3) is 0.0435. The minimum absolute atomic E-state index is 0.798. The summed E-state index contributed by atoms with van der Waals surface area (Å²) in [5.74, 6) is 1.62. The number of hydrazone groups is 1. The van der Waals surface area contributed by atoms with Gasteiger partial charge in [0.05, 0.1) is 11.9 Å². The molecule has 0 aliphatic carbocycles. The zero-order chi connectivity index (χ0) is 20.1. The highest BCUT2D eigenvalue weighted by molar-refractivity contribution is 9.10. The van der Waals surface area contributed by atoms with Crippen LogP contribution in [0.3, 0.4) is 0 Å². The summed E-state index contributed by atoms with van der Waals surface area (Å²) >= 11 is 5.00. The molecular formula is C23H18BrN3OS. The Kier molecular flexibility index (Phi) is 6.03. The molecule has 6 heteroatoms. The maximum atomic E-state index is 5.85. The van der Waals surface area contributed by atoms with Crippen molar-refractivity contribution in [2.45, 2.75) is 0 Å². The molecule has 144 valence electrons.